The molecule has 0 aliphatic carbocycles. The lowest BCUT2D eigenvalue weighted by molar-refractivity contribution is -0.0527. The van der Waals surface area contributed by atoms with Crippen LogP contribution in [0.2, 0.25) is 0 Å². The van der Waals surface area contributed by atoms with Gasteiger partial charge in [-0.2, -0.15) is 0 Å². The molecule has 0 saturated carbocycles. The third kappa shape index (κ3) is 5.21. The van der Waals surface area contributed by atoms with Crippen molar-refractivity contribution < 1.29 is 14.3 Å². The number of hydrogen-bond acceptors (Lipinski definition) is 3. The SMILES string of the molecule is CCC1(OCc2ccc(Br)cc2)CCN(C(=O)OC(C)(C)C)C1. The minimum Gasteiger partial charge on any atom is -0.444 e. The molecule has 1 unspecified atom stereocenters. The molecule has 0 radical (unpaired) electrons. The van der Waals surface area contributed by atoms with Crippen molar-refractivity contribution in [1.29, 1.82) is 0 Å². The van der Waals surface area contributed by atoms with E-state index in [9.17, 15) is 4.79 Å². The molecule has 1 heterocycles. The Kier molecular flexibility index (Phi) is 5.74. The normalized spacial score (nSPS) is 21.5. The molecule has 1 aromatic rings. The fourth-order valence-corrected chi connectivity index (χ4v) is 2.92. The maximum Gasteiger partial charge on any atom is 0.410 e. The van der Waals surface area contributed by atoms with Gasteiger partial charge >= 0.3 is 6.09 Å². The number of ether oxygens (including phenoxy) is 2. The Balaban J connectivity index is 1.94. The van der Waals surface area contributed by atoms with Gasteiger partial charge in [-0.3, -0.25) is 0 Å². The van der Waals surface area contributed by atoms with Crippen molar-refractivity contribution in [3.05, 3.63) is 34.3 Å². The number of nitrogens with zero attached hydrogens (tertiary/aromatic N) is 1. The molecule has 1 aliphatic heterocycles. The number of hydrogen-bond donors (Lipinski definition) is 0. The van der Waals surface area contributed by atoms with E-state index in [1.807, 2.05) is 45.0 Å². The van der Waals surface area contributed by atoms with Gasteiger partial charge in [-0.25, -0.2) is 4.79 Å². The summed E-state index contributed by atoms with van der Waals surface area (Å²) >= 11 is 3.44. The molecular weight excluding hydrogens is 358 g/mol. The fourth-order valence-electron chi connectivity index (χ4n) is 2.65. The summed E-state index contributed by atoms with van der Waals surface area (Å²) < 4.78 is 12.7. The van der Waals surface area contributed by atoms with Crippen LogP contribution in [0.15, 0.2) is 28.7 Å². The molecular formula is C18H26BrNO3. The zero-order valence-corrected chi connectivity index (χ0v) is 16.0. The maximum absolute atomic E-state index is 12.2. The Labute approximate surface area is 147 Å². The first-order valence-corrected chi connectivity index (χ1v) is 8.89. The molecule has 1 fully saturated rings. The van der Waals surface area contributed by atoms with Crippen molar-refractivity contribution in [2.45, 2.75) is 58.3 Å². The van der Waals surface area contributed by atoms with E-state index in [2.05, 4.69) is 22.9 Å². The van der Waals surface area contributed by atoms with Crippen molar-refractivity contribution in [1.82, 2.24) is 4.90 Å². The molecule has 1 atom stereocenters. The zero-order valence-electron chi connectivity index (χ0n) is 14.4. The molecule has 0 N–H and O–H groups in total. The monoisotopic (exact) mass is 383 g/mol. The van der Waals surface area contributed by atoms with Gasteiger partial charge in [-0.15, -0.1) is 0 Å². The van der Waals surface area contributed by atoms with Crippen LogP contribution in [0, 0.1) is 0 Å². The predicted octanol–water partition coefficient (Wildman–Crippen LogP) is 4.76. The van der Waals surface area contributed by atoms with Crippen LogP contribution < -0.4 is 0 Å². The smallest absolute Gasteiger partial charge is 0.410 e. The number of likely N-dealkylation sites (tertiary alicyclic amines) is 1. The third-order valence-corrected chi connectivity index (χ3v) is 4.60. The van der Waals surface area contributed by atoms with Gasteiger partial charge in [-0.05, 0) is 51.3 Å². The first-order chi connectivity index (χ1) is 10.7. The van der Waals surface area contributed by atoms with E-state index in [1.54, 1.807) is 4.90 Å². The summed E-state index contributed by atoms with van der Waals surface area (Å²) in [5.41, 5.74) is 0.397. The van der Waals surface area contributed by atoms with Gasteiger partial charge in [0.25, 0.3) is 0 Å². The van der Waals surface area contributed by atoms with E-state index >= 15 is 0 Å². The summed E-state index contributed by atoms with van der Waals surface area (Å²) in [6.45, 7) is 9.61. The molecule has 0 spiro atoms. The number of benzene rings is 1. The number of rotatable bonds is 4. The van der Waals surface area contributed by atoms with E-state index in [4.69, 9.17) is 9.47 Å². The topological polar surface area (TPSA) is 38.8 Å². The predicted molar refractivity (Wildman–Crippen MR) is 94.4 cm³/mol. The Morgan fingerprint density at radius 1 is 1.30 bits per heavy atom. The summed E-state index contributed by atoms with van der Waals surface area (Å²) in [5.74, 6) is 0. The Morgan fingerprint density at radius 3 is 2.52 bits per heavy atom. The van der Waals surface area contributed by atoms with Crippen LogP contribution in [0.3, 0.4) is 0 Å². The van der Waals surface area contributed by atoms with Crippen LogP contribution >= 0.6 is 15.9 Å². The second-order valence-corrected chi connectivity index (χ2v) is 8.02. The molecule has 1 aromatic carbocycles. The van der Waals surface area contributed by atoms with Crippen molar-refractivity contribution in [2.24, 2.45) is 0 Å². The van der Waals surface area contributed by atoms with Gasteiger partial charge in [0, 0.05) is 11.0 Å². The molecule has 1 saturated heterocycles. The van der Waals surface area contributed by atoms with Crippen LogP contribution in [0.25, 0.3) is 0 Å². The van der Waals surface area contributed by atoms with Gasteiger partial charge in [0.15, 0.2) is 0 Å². The maximum atomic E-state index is 12.2. The minimum atomic E-state index is -0.465. The highest BCUT2D eigenvalue weighted by atomic mass is 79.9. The van der Waals surface area contributed by atoms with Gasteiger partial charge in [0.2, 0.25) is 0 Å². The molecule has 4 nitrogen and oxygen atoms in total. The molecule has 23 heavy (non-hydrogen) atoms. The number of carbonyl (C=O) groups excluding carboxylic acids is 1. The molecule has 1 aliphatic rings. The quantitative estimate of drug-likeness (QED) is 0.752. The van der Waals surface area contributed by atoms with Crippen LogP contribution in [0.5, 0.6) is 0 Å². The number of halogens is 1. The zero-order chi connectivity index (χ0) is 17.1. The fraction of sp³-hybridized carbons (Fsp3) is 0.611. The molecule has 128 valence electrons. The van der Waals surface area contributed by atoms with Crippen molar-refractivity contribution >= 4 is 22.0 Å². The molecule has 5 heteroatoms. The molecule has 1 amide bonds. The van der Waals surface area contributed by atoms with E-state index < -0.39 is 5.60 Å². The van der Waals surface area contributed by atoms with Gasteiger partial charge in [0.1, 0.15) is 5.60 Å². The highest BCUT2D eigenvalue weighted by Gasteiger charge is 2.40. The summed E-state index contributed by atoms with van der Waals surface area (Å²) in [6.07, 6.45) is 1.47. The highest BCUT2D eigenvalue weighted by molar-refractivity contribution is 9.10. The first kappa shape index (κ1) is 18.3. The average Bonchev–Trinajstić information content (AvgIpc) is 2.90. The number of amides is 1. The van der Waals surface area contributed by atoms with Gasteiger partial charge < -0.3 is 14.4 Å². The van der Waals surface area contributed by atoms with Crippen LogP contribution in [-0.4, -0.2) is 35.3 Å². The van der Waals surface area contributed by atoms with E-state index in [0.717, 1.165) is 22.9 Å². The molecule has 0 aromatic heterocycles. The van der Waals surface area contributed by atoms with E-state index in [0.29, 0.717) is 19.7 Å². The Morgan fingerprint density at radius 2 is 1.96 bits per heavy atom. The summed E-state index contributed by atoms with van der Waals surface area (Å²) in [6, 6.07) is 8.12. The lowest BCUT2D eigenvalue weighted by Gasteiger charge is -2.29. The summed E-state index contributed by atoms with van der Waals surface area (Å²) in [5, 5.41) is 0. The summed E-state index contributed by atoms with van der Waals surface area (Å²) in [4.78, 5) is 14.0. The Hall–Kier alpha value is -1.07. The van der Waals surface area contributed by atoms with Crippen molar-refractivity contribution in [3.63, 3.8) is 0 Å². The van der Waals surface area contributed by atoms with Crippen LogP contribution in [0.4, 0.5) is 4.79 Å². The van der Waals surface area contributed by atoms with Crippen molar-refractivity contribution in [3.8, 4) is 0 Å². The largest absolute Gasteiger partial charge is 0.444 e. The van der Waals surface area contributed by atoms with Gasteiger partial charge in [-0.1, -0.05) is 35.0 Å². The molecule has 0 bridgehead atoms. The van der Waals surface area contributed by atoms with Crippen LogP contribution in [-0.2, 0) is 16.1 Å². The number of carbonyl (C=O) groups is 1. The Bertz CT molecular complexity index is 538. The first-order valence-electron chi connectivity index (χ1n) is 8.09. The second kappa shape index (κ2) is 7.22. The average molecular weight is 384 g/mol. The second-order valence-electron chi connectivity index (χ2n) is 7.10. The van der Waals surface area contributed by atoms with Crippen LogP contribution in [0.1, 0.15) is 46.1 Å². The third-order valence-electron chi connectivity index (χ3n) is 4.07. The standard InChI is InChI=1S/C18H26BrNO3/c1-5-18(22-12-14-6-8-15(19)9-7-14)10-11-20(13-18)16(21)23-17(2,3)4/h6-9H,5,10-13H2,1-4H3. The lowest BCUT2D eigenvalue weighted by Crippen LogP contribution is -2.40. The summed E-state index contributed by atoms with van der Waals surface area (Å²) in [7, 11) is 0. The lowest BCUT2D eigenvalue weighted by atomic mass is 9.99. The minimum absolute atomic E-state index is 0.250. The highest BCUT2D eigenvalue weighted by Crippen LogP contribution is 2.31. The van der Waals surface area contributed by atoms with E-state index in [-0.39, 0.29) is 11.7 Å². The van der Waals surface area contributed by atoms with Gasteiger partial charge in [0.05, 0.1) is 18.8 Å². The van der Waals surface area contributed by atoms with E-state index in [1.165, 1.54) is 0 Å². The van der Waals surface area contributed by atoms with Crippen molar-refractivity contribution in [2.75, 3.05) is 13.1 Å². The molecule has 2 rings (SSSR count).